The van der Waals surface area contributed by atoms with E-state index < -0.39 is 0 Å². The highest BCUT2D eigenvalue weighted by atomic mass is 32.1. The topological polar surface area (TPSA) is 90.0 Å². The molecule has 3 aromatic heterocycles. The number of hydrogen-bond acceptors (Lipinski definition) is 8. The minimum atomic E-state index is 0.214. The molecule has 1 aliphatic heterocycles. The van der Waals surface area contributed by atoms with Gasteiger partial charge in [0.25, 0.3) is 0 Å². The van der Waals surface area contributed by atoms with Crippen LogP contribution in [0.25, 0.3) is 22.4 Å². The van der Waals surface area contributed by atoms with E-state index in [-0.39, 0.29) is 5.95 Å². The standard InChI is InChI=1S/C14H14N6OS/c15-14-18-12-11(13(19-14)20-2-4-21-5-3-20)17-10(7-16-12)9-1-6-22-8-9/h1,6-8H,2-5H2,(H2,15,16,18,19). The highest BCUT2D eigenvalue weighted by Gasteiger charge is 2.19. The van der Waals surface area contributed by atoms with E-state index in [1.165, 1.54) is 0 Å². The van der Waals surface area contributed by atoms with Crippen molar-refractivity contribution in [3.63, 3.8) is 0 Å². The summed E-state index contributed by atoms with van der Waals surface area (Å²) in [6.45, 7) is 2.86. The van der Waals surface area contributed by atoms with Crippen molar-refractivity contribution >= 4 is 34.3 Å². The molecule has 0 bridgehead atoms. The van der Waals surface area contributed by atoms with Gasteiger partial charge >= 0.3 is 0 Å². The fourth-order valence-corrected chi connectivity index (χ4v) is 3.10. The molecule has 0 unspecified atom stereocenters. The first-order chi connectivity index (χ1) is 10.8. The number of thiophene rings is 1. The molecule has 2 N–H and O–H groups in total. The normalized spacial score (nSPS) is 15.4. The summed E-state index contributed by atoms with van der Waals surface area (Å²) in [6, 6.07) is 2.02. The van der Waals surface area contributed by atoms with Gasteiger partial charge < -0.3 is 15.4 Å². The van der Waals surface area contributed by atoms with Crippen molar-refractivity contribution in [2.45, 2.75) is 0 Å². The van der Waals surface area contributed by atoms with Crippen LogP contribution >= 0.6 is 11.3 Å². The summed E-state index contributed by atoms with van der Waals surface area (Å²) in [7, 11) is 0. The van der Waals surface area contributed by atoms with Gasteiger partial charge in [-0.2, -0.15) is 21.3 Å². The van der Waals surface area contributed by atoms with E-state index in [1.807, 2.05) is 16.8 Å². The molecule has 8 heteroatoms. The van der Waals surface area contributed by atoms with Crippen LogP contribution in [0.3, 0.4) is 0 Å². The van der Waals surface area contributed by atoms with Gasteiger partial charge in [-0.1, -0.05) is 0 Å². The van der Waals surface area contributed by atoms with Crippen LogP contribution < -0.4 is 10.6 Å². The first-order valence-corrected chi connectivity index (χ1v) is 7.91. The summed E-state index contributed by atoms with van der Waals surface area (Å²) in [6.07, 6.45) is 1.72. The quantitative estimate of drug-likeness (QED) is 0.767. The molecule has 0 spiro atoms. The number of fused-ring (bicyclic) bond motifs is 1. The SMILES string of the molecule is Nc1nc(N2CCOCC2)c2nc(-c3ccsc3)cnc2n1. The lowest BCUT2D eigenvalue weighted by Gasteiger charge is -2.28. The Morgan fingerprint density at radius 1 is 1.18 bits per heavy atom. The van der Waals surface area contributed by atoms with E-state index >= 15 is 0 Å². The Bertz CT molecular complexity index is 800. The zero-order chi connectivity index (χ0) is 14.9. The van der Waals surface area contributed by atoms with Gasteiger partial charge in [-0.25, -0.2) is 9.97 Å². The molecular weight excluding hydrogens is 300 g/mol. The fraction of sp³-hybridized carbons (Fsp3) is 0.286. The van der Waals surface area contributed by atoms with E-state index in [0.29, 0.717) is 24.4 Å². The minimum absolute atomic E-state index is 0.214. The van der Waals surface area contributed by atoms with E-state index in [4.69, 9.17) is 15.5 Å². The summed E-state index contributed by atoms with van der Waals surface area (Å²) >= 11 is 1.63. The van der Waals surface area contributed by atoms with Gasteiger partial charge in [0.1, 0.15) is 0 Å². The number of nitrogens with zero attached hydrogens (tertiary/aromatic N) is 5. The number of aromatic nitrogens is 4. The molecule has 0 aliphatic carbocycles. The Morgan fingerprint density at radius 2 is 2.05 bits per heavy atom. The second-order valence-corrected chi connectivity index (χ2v) is 5.72. The molecule has 7 nitrogen and oxygen atoms in total. The van der Waals surface area contributed by atoms with Gasteiger partial charge in [0.2, 0.25) is 5.95 Å². The first-order valence-electron chi connectivity index (χ1n) is 6.97. The van der Waals surface area contributed by atoms with Gasteiger partial charge in [-0.15, -0.1) is 0 Å². The molecule has 0 amide bonds. The van der Waals surface area contributed by atoms with Crippen molar-refractivity contribution in [2.24, 2.45) is 0 Å². The predicted molar refractivity (Wildman–Crippen MR) is 85.9 cm³/mol. The molecule has 4 rings (SSSR count). The number of nitrogen functional groups attached to an aromatic ring is 1. The van der Waals surface area contributed by atoms with Gasteiger partial charge in [0.05, 0.1) is 25.1 Å². The Balaban J connectivity index is 1.87. The summed E-state index contributed by atoms with van der Waals surface area (Å²) < 4.78 is 5.40. The molecule has 1 fully saturated rings. The van der Waals surface area contributed by atoms with Gasteiger partial charge in [-0.05, 0) is 11.4 Å². The van der Waals surface area contributed by atoms with Crippen LogP contribution in [-0.2, 0) is 4.74 Å². The Labute approximate surface area is 130 Å². The van der Waals surface area contributed by atoms with Crippen LogP contribution in [0.2, 0.25) is 0 Å². The summed E-state index contributed by atoms with van der Waals surface area (Å²) in [4.78, 5) is 19.8. The minimum Gasteiger partial charge on any atom is -0.378 e. The molecular formula is C14H14N6OS. The number of morpholine rings is 1. The first kappa shape index (κ1) is 13.4. The van der Waals surface area contributed by atoms with Crippen molar-refractivity contribution in [1.29, 1.82) is 0 Å². The summed E-state index contributed by atoms with van der Waals surface area (Å²) in [5, 5.41) is 4.06. The zero-order valence-corrected chi connectivity index (χ0v) is 12.6. The van der Waals surface area contributed by atoms with Crippen LogP contribution in [0.1, 0.15) is 0 Å². The van der Waals surface area contributed by atoms with E-state index in [9.17, 15) is 0 Å². The average molecular weight is 314 g/mol. The lowest BCUT2D eigenvalue weighted by atomic mass is 10.2. The Morgan fingerprint density at radius 3 is 2.82 bits per heavy atom. The maximum Gasteiger partial charge on any atom is 0.224 e. The third-order valence-electron chi connectivity index (χ3n) is 3.53. The molecule has 3 aromatic rings. The van der Waals surface area contributed by atoms with Crippen LogP contribution in [-0.4, -0.2) is 46.2 Å². The number of nitrogens with two attached hydrogens (primary N) is 1. The van der Waals surface area contributed by atoms with Crippen LogP contribution in [0.4, 0.5) is 11.8 Å². The van der Waals surface area contributed by atoms with Gasteiger partial charge in [0, 0.05) is 24.0 Å². The molecule has 22 heavy (non-hydrogen) atoms. The summed E-state index contributed by atoms with van der Waals surface area (Å²) in [5.74, 6) is 0.946. The maximum absolute atomic E-state index is 5.82. The maximum atomic E-state index is 5.82. The van der Waals surface area contributed by atoms with E-state index in [0.717, 1.165) is 30.2 Å². The molecule has 112 valence electrons. The largest absolute Gasteiger partial charge is 0.378 e. The highest BCUT2D eigenvalue weighted by Crippen LogP contribution is 2.26. The lowest BCUT2D eigenvalue weighted by molar-refractivity contribution is 0.122. The van der Waals surface area contributed by atoms with Crippen LogP contribution in [0.5, 0.6) is 0 Å². The smallest absolute Gasteiger partial charge is 0.224 e. The van der Waals surface area contributed by atoms with Crippen molar-refractivity contribution in [2.75, 3.05) is 36.9 Å². The number of rotatable bonds is 2. The Kier molecular flexibility index (Phi) is 3.32. The van der Waals surface area contributed by atoms with Crippen LogP contribution in [0.15, 0.2) is 23.0 Å². The number of ether oxygens (including phenoxy) is 1. The average Bonchev–Trinajstić information content (AvgIpc) is 3.09. The monoisotopic (exact) mass is 314 g/mol. The zero-order valence-electron chi connectivity index (χ0n) is 11.8. The highest BCUT2D eigenvalue weighted by molar-refractivity contribution is 7.08. The molecule has 0 radical (unpaired) electrons. The molecule has 1 saturated heterocycles. The third kappa shape index (κ3) is 2.36. The summed E-state index contributed by atoms with van der Waals surface area (Å²) in [5.41, 5.74) is 8.88. The van der Waals surface area contributed by atoms with Gasteiger partial charge in [-0.3, -0.25) is 0 Å². The fourth-order valence-electron chi connectivity index (χ4n) is 2.45. The molecule has 0 aromatic carbocycles. The van der Waals surface area contributed by atoms with Crippen LogP contribution in [0, 0.1) is 0 Å². The van der Waals surface area contributed by atoms with Crippen molar-refractivity contribution in [3.8, 4) is 11.3 Å². The third-order valence-corrected chi connectivity index (χ3v) is 4.22. The van der Waals surface area contributed by atoms with Crippen molar-refractivity contribution in [3.05, 3.63) is 23.0 Å². The molecule has 0 saturated carbocycles. The van der Waals surface area contributed by atoms with E-state index in [1.54, 1.807) is 17.5 Å². The number of anilines is 2. The second kappa shape index (κ2) is 5.47. The Hall–Kier alpha value is -2.32. The molecule has 1 aliphatic rings. The van der Waals surface area contributed by atoms with Crippen molar-refractivity contribution in [1.82, 2.24) is 19.9 Å². The number of hydrogen-bond donors (Lipinski definition) is 1. The second-order valence-electron chi connectivity index (χ2n) is 4.94. The van der Waals surface area contributed by atoms with E-state index in [2.05, 4.69) is 19.9 Å². The predicted octanol–water partition coefficient (Wildman–Crippen LogP) is 1.57. The molecule has 4 heterocycles. The van der Waals surface area contributed by atoms with Crippen molar-refractivity contribution < 1.29 is 4.74 Å². The van der Waals surface area contributed by atoms with Gasteiger partial charge in [0.15, 0.2) is 17.0 Å². The lowest BCUT2D eigenvalue weighted by Crippen LogP contribution is -2.37. The molecule has 0 atom stereocenters.